The van der Waals surface area contributed by atoms with Crippen LogP contribution in [0.1, 0.15) is 25.7 Å². The summed E-state index contributed by atoms with van der Waals surface area (Å²) in [6, 6.07) is 1.07. The van der Waals surface area contributed by atoms with E-state index in [1.807, 2.05) is 0 Å². The van der Waals surface area contributed by atoms with Crippen LogP contribution in [-0.4, -0.2) is 12.1 Å². The van der Waals surface area contributed by atoms with Gasteiger partial charge in [-0.2, -0.15) is 0 Å². The van der Waals surface area contributed by atoms with E-state index in [1.54, 1.807) is 0 Å². The fraction of sp³-hybridized carbons (Fsp3) is 1.00. The topological polar surface area (TPSA) is 52.0 Å². The van der Waals surface area contributed by atoms with Crippen molar-refractivity contribution < 1.29 is 0 Å². The van der Waals surface area contributed by atoms with Crippen molar-refractivity contribution in [2.24, 2.45) is 47.0 Å². The maximum absolute atomic E-state index is 6.39. The Kier molecular flexibility index (Phi) is 1.37. The molecule has 0 bridgehead atoms. The maximum Gasteiger partial charge on any atom is 0.0101 e. The van der Waals surface area contributed by atoms with Crippen LogP contribution < -0.4 is 11.5 Å². The van der Waals surface area contributed by atoms with Gasteiger partial charge >= 0.3 is 0 Å². The number of rotatable bonds is 0. The molecule has 0 radical (unpaired) electrons. The number of hydrogen-bond acceptors (Lipinski definition) is 2. The van der Waals surface area contributed by atoms with E-state index in [1.165, 1.54) is 25.7 Å². The molecule has 78 valence electrons. The van der Waals surface area contributed by atoms with Crippen molar-refractivity contribution in [3.8, 4) is 0 Å². The molecule has 2 nitrogen and oxygen atoms in total. The Bertz CT molecular complexity index is 225. The van der Waals surface area contributed by atoms with Crippen LogP contribution in [0.15, 0.2) is 0 Å². The molecule has 4 aliphatic rings. The van der Waals surface area contributed by atoms with Crippen molar-refractivity contribution in [3.05, 3.63) is 0 Å². The molecule has 0 aliphatic heterocycles. The summed E-state index contributed by atoms with van der Waals surface area (Å²) in [6.45, 7) is 0. The van der Waals surface area contributed by atoms with E-state index in [2.05, 4.69) is 0 Å². The molecule has 0 spiro atoms. The maximum atomic E-state index is 6.39. The average molecular weight is 192 g/mol. The van der Waals surface area contributed by atoms with Gasteiger partial charge in [0.25, 0.3) is 0 Å². The van der Waals surface area contributed by atoms with Crippen molar-refractivity contribution in [2.45, 2.75) is 37.8 Å². The second-order valence-corrected chi connectivity index (χ2v) is 6.12. The van der Waals surface area contributed by atoms with Crippen molar-refractivity contribution in [1.29, 1.82) is 0 Å². The molecule has 14 heavy (non-hydrogen) atoms. The van der Waals surface area contributed by atoms with Gasteiger partial charge in [0.05, 0.1) is 0 Å². The summed E-state index contributed by atoms with van der Waals surface area (Å²) in [7, 11) is 0. The van der Waals surface area contributed by atoms with E-state index in [4.69, 9.17) is 11.5 Å². The third-order valence-electron chi connectivity index (χ3n) is 6.07. The van der Waals surface area contributed by atoms with Crippen molar-refractivity contribution in [2.75, 3.05) is 0 Å². The minimum Gasteiger partial charge on any atom is -0.327 e. The SMILES string of the molecule is NC1[C@H]2CC[C@H]3C(N)[C@@H]4CC[C@@H]1C4C23. The summed E-state index contributed by atoms with van der Waals surface area (Å²) >= 11 is 0. The van der Waals surface area contributed by atoms with E-state index in [9.17, 15) is 0 Å². The Balaban J connectivity index is 1.82. The Morgan fingerprint density at radius 3 is 1.14 bits per heavy atom. The second-order valence-electron chi connectivity index (χ2n) is 6.12. The Morgan fingerprint density at radius 1 is 0.571 bits per heavy atom. The molecule has 4 unspecified atom stereocenters. The molecule has 0 saturated heterocycles. The summed E-state index contributed by atoms with van der Waals surface area (Å²) in [6.07, 6.45) is 5.52. The summed E-state index contributed by atoms with van der Waals surface area (Å²) in [5.74, 6) is 5.30. The second kappa shape index (κ2) is 2.35. The minimum absolute atomic E-state index is 0.535. The first-order valence-corrected chi connectivity index (χ1v) is 6.30. The van der Waals surface area contributed by atoms with Gasteiger partial charge < -0.3 is 11.5 Å². The van der Waals surface area contributed by atoms with E-state index >= 15 is 0 Å². The molecule has 4 rings (SSSR count). The molecule has 2 heteroatoms. The highest BCUT2D eigenvalue weighted by atomic mass is 14.9. The normalized spacial score (nSPS) is 69.0. The molecular formula is C12H20N2. The monoisotopic (exact) mass is 192 g/mol. The third-order valence-corrected chi connectivity index (χ3v) is 6.07. The predicted molar refractivity (Wildman–Crippen MR) is 55.4 cm³/mol. The van der Waals surface area contributed by atoms with Gasteiger partial charge in [0.1, 0.15) is 0 Å². The highest BCUT2D eigenvalue weighted by molar-refractivity contribution is 5.17. The van der Waals surface area contributed by atoms with Crippen LogP contribution >= 0.6 is 0 Å². The minimum atomic E-state index is 0.535. The van der Waals surface area contributed by atoms with Gasteiger partial charge in [-0.05, 0) is 61.2 Å². The quantitative estimate of drug-likeness (QED) is 0.600. The van der Waals surface area contributed by atoms with Crippen LogP contribution in [0.25, 0.3) is 0 Å². The zero-order valence-electron chi connectivity index (χ0n) is 8.60. The van der Waals surface area contributed by atoms with Crippen LogP contribution in [0, 0.1) is 35.5 Å². The zero-order chi connectivity index (χ0) is 9.45. The van der Waals surface area contributed by atoms with Gasteiger partial charge in [0.15, 0.2) is 0 Å². The van der Waals surface area contributed by atoms with Crippen molar-refractivity contribution >= 4 is 0 Å². The van der Waals surface area contributed by atoms with E-state index < -0.39 is 0 Å². The number of nitrogens with two attached hydrogens (primary N) is 2. The molecule has 0 aromatic rings. The first-order valence-electron chi connectivity index (χ1n) is 6.30. The number of hydrogen-bond donors (Lipinski definition) is 2. The van der Waals surface area contributed by atoms with Crippen LogP contribution in [0.2, 0.25) is 0 Å². The summed E-state index contributed by atoms with van der Waals surface area (Å²) < 4.78 is 0. The van der Waals surface area contributed by atoms with Gasteiger partial charge in [-0.15, -0.1) is 0 Å². The lowest BCUT2D eigenvalue weighted by Gasteiger charge is -2.18. The molecule has 4 aliphatic carbocycles. The van der Waals surface area contributed by atoms with Gasteiger partial charge in [-0.3, -0.25) is 0 Å². The lowest BCUT2D eigenvalue weighted by molar-refractivity contribution is 0.322. The van der Waals surface area contributed by atoms with E-state index in [-0.39, 0.29) is 0 Å². The Labute approximate surface area is 85.4 Å². The fourth-order valence-corrected chi connectivity index (χ4v) is 5.75. The van der Waals surface area contributed by atoms with Gasteiger partial charge in [-0.25, -0.2) is 0 Å². The first-order chi connectivity index (χ1) is 6.79. The fourth-order valence-electron chi connectivity index (χ4n) is 5.75. The highest BCUT2D eigenvalue weighted by Gasteiger charge is 2.65. The van der Waals surface area contributed by atoms with Gasteiger partial charge in [-0.1, -0.05) is 0 Å². The van der Waals surface area contributed by atoms with Crippen molar-refractivity contribution in [1.82, 2.24) is 0 Å². The lowest BCUT2D eigenvalue weighted by atomic mass is 9.90. The molecule has 4 fully saturated rings. The highest BCUT2D eigenvalue weighted by Crippen LogP contribution is 2.66. The summed E-state index contributed by atoms with van der Waals surface area (Å²) in [5, 5.41) is 0. The molecule has 0 amide bonds. The lowest BCUT2D eigenvalue weighted by Crippen LogP contribution is -2.34. The predicted octanol–water partition coefficient (Wildman–Crippen LogP) is 0.953. The molecule has 0 heterocycles. The third kappa shape index (κ3) is 0.674. The van der Waals surface area contributed by atoms with Crippen LogP contribution in [0.5, 0.6) is 0 Å². The summed E-state index contributed by atoms with van der Waals surface area (Å²) in [5.41, 5.74) is 12.8. The molecule has 4 saturated carbocycles. The molecule has 4 N–H and O–H groups in total. The van der Waals surface area contributed by atoms with E-state index in [0.29, 0.717) is 12.1 Å². The average Bonchev–Trinajstić information content (AvgIpc) is 2.83. The van der Waals surface area contributed by atoms with Crippen LogP contribution in [0.4, 0.5) is 0 Å². The van der Waals surface area contributed by atoms with E-state index in [0.717, 1.165) is 35.5 Å². The standard InChI is InChI=1S/C12H20N2/c13-11-5-1-2-6-9(5)10-7(11)3-4-8(10)12(6)14/h5-12H,1-4,13-14H2/t5-,6-,7-,8+,9?,10?,11?,12?/m1/s1. The van der Waals surface area contributed by atoms with Gasteiger partial charge in [0.2, 0.25) is 0 Å². The first kappa shape index (κ1) is 8.12. The smallest absolute Gasteiger partial charge is 0.0101 e. The zero-order valence-corrected chi connectivity index (χ0v) is 8.60. The summed E-state index contributed by atoms with van der Waals surface area (Å²) in [4.78, 5) is 0. The van der Waals surface area contributed by atoms with Crippen LogP contribution in [-0.2, 0) is 0 Å². The Morgan fingerprint density at radius 2 is 0.857 bits per heavy atom. The van der Waals surface area contributed by atoms with Crippen molar-refractivity contribution in [3.63, 3.8) is 0 Å². The molecular weight excluding hydrogens is 172 g/mol. The Hall–Kier alpha value is -0.0800. The van der Waals surface area contributed by atoms with Crippen LogP contribution in [0.3, 0.4) is 0 Å². The molecule has 0 aromatic carbocycles. The molecule has 8 atom stereocenters. The largest absolute Gasteiger partial charge is 0.327 e. The molecule has 0 aromatic heterocycles. The van der Waals surface area contributed by atoms with Gasteiger partial charge in [0, 0.05) is 12.1 Å².